The summed E-state index contributed by atoms with van der Waals surface area (Å²) in [6.07, 6.45) is 5.22. The van der Waals surface area contributed by atoms with Crippen LogP contribution in [0.2, 0.25) is 0 Å². The molecule has 25 heavy (non-hydrogen) atoms. The number of ether oxygens (including phenoxy) is 4. The highest BCUT2D eigenvalue weighted by molar-refractivity contribution is 5.92. The minimum absolute atomic E-state index is 0.000526. The summed E-state index contributed by atoms with van der Waals surface area (Å²) in [4.78, 5) is 14.4. The molecule has 0 aromatic heterocycles. The van der Waals surface area contributed by atoms with Crippen molar-refractivity contribution in [1.29, 1.82) is 0 Å². The standard InChI is InChI=1S/C19H25NO5/c1-22-16-7-5-14(17(12-16)23-2)6-8-18(21)20-9-3-4-15(13-20)19-24-10-11-25-19/h5-8,12,15,19H,3-4,9-11,13H2,1-2H3/b8-6+. The Morgan fingerprint density at radius 1 is 1.24 bits per heavy atom. The molecule has 0 saturated carbocycles. The maximum absolute atomic E-state index is 12.5. The van der Waals surface area contributed by atoms with Crippen LogP contribution in [0, 0.1) is 5.92 Å². The second kappa shape index (κ2) is 8.36. The summed E-state index contributed by atoms with van der Waals surface area (Å²) in [7, 11) is 3.21. The first-order valence-corrected chi connectivity index (χ1v) is 8.63. The Labute approximate surface area is 148 Å². The van der Waals surface area contributed by atoms with Crippen LogP contribution < -0.4 is 9.47 Å². The lowest BCUT2D eigenvalue weighted by atomic mass is 9.97. The molecule has 2 fully saturated rings. The van der Waals surface area contributed by atoms with E-state index < -0.39 is 0 Å². The van der Waals surface area contributed by atoms with E-state index in [1.165, 1.54) is 0 Å². The van der Waals surface area contributed by atoms with Crippen LogP contribution in [0.25, 0.3) is 6.08 Å². The van der Waals surface area contributed by atoms with Gasteiger partial charge in [0.2, 0.25) is 5.91 Å². The number of benzene rings is 1. The average Bonchev–Trinajstić information content (AvgIpc) is 3.21. The van der Waals surface area contributed by atoms with E-state index in [4.69, 9.17) is 18.9 Å². The summed E-state index contributed by atoms with van der Waals surface area (Å²) in [5.41, 5.74) is 0.840. The second-order valence-electron chi connectivity index (χ2n) is 6.24. The zero-order valence-electron chi connectivity index (χ0n) is 14.8. The van der Waals surface area contributed by atoms with Crippen molar-refractivity contribution in [2.75, 3.05) is 40.5 Å². The van der Waals surface area contributed by atoms with Crippen molar-refractivity contribution >= 4 is 12.0 Å². The first-order valence-electron chi connectivity index (χ1n) is 8.63. The third kappa shape index (κ3) is 4.32. The number of carbonyl (C=O) groups excluding carboxylic acids is 1. The molecule has 2 aliphatic heterocycles. The fraction of sp³-hybridized carbons (Fsp3) is 0.526. The van der Waals surface area contributed by atoms with Gasteiger partial charge < -0.3 is 23.8 Å². The molecule has 1 atom stereocenters. The summed E-state index contributed by atoms with van der Waals surface area (Å²) in [6.45, 7) is 2.73. The maximum atomic E-state index is 12.5. The molecule has 2 saturated heterocycles. The second-order valence-corrected chi connectivity index (χ2v) is 6.24. The van der Waals surface area contributed by atoms with Gasteiger partial charge in [-0.05, 0) is 31.1 Å². The van der Waals surface area contributed by atoms with Gasteiger partial charge in [0.1, 0.15) is 11.5 Å². The van der Waals surface area contributed by atoms with Crippen molar-refractivity contribution < 1.29 is 23.7 Å². The largest absolute Gasteiger partial charge is 0.497 e. The maximum Gasteiger partial charge on any atom is 0.246 e. The molecule has 1 amide bonds. The number of carbonyl (C=O) groups is 1. The van der Waals surface area contributed by atoms with Gasteiger partial charge in [-0.2, -0.15) is 0 Å². The monoisotopic (exact) mass is 347 g/mol. The van der Waals surface area contributed by atoms with E-state index in [0.29, 0.717) is 25.5 Å². The van der Waals surface area contributed by atoms with Crippen LogP contribution in [0.1, 0.15) is 18.4 Å². The van der Waals surface area contributed by atoms with Crippen molar-refractivity contribution in [1.82, 2.24) is 4.90 Å². The topological polar surface area (TPSA) is 57.2 Å². The Kier molecular flexibility index (Phi) is 5.94. The van der Waals surface area contributed by atoms with Gasteiger partial charge in [0.15, 0.2) is 6.29 Å². The van der Waals surface area contributed by atoms with E-state index in [-0.39, 0.29) is 18.1 Å². The third-order valence-electron chi connectivity index (χ3n) is 4.65. The van der Waals surface area contributed by atoms with Crippen molar-refractivity contribution in [3.63, 3.8) is 0 Å². The number of piperidine rings is 1. The molecule has 0 bridgehead atoms. The van der Waals surface area contributed by atoms with Crippen LogP contribution in [0.5, 0.6) is 11.5 Å². The Hall–Kier alpha value is -2.05. The molecule has 6 nitrogen and oxygen atoms in total. The minimum atomic E-state index is -0.165. The van der Waals surface area contributed by atoms with Crippen molar-refractivity contribution in [3.8, 4) is 11.5 Å². The van der Waals surface area contributed by atoms with Crippen LogP contribution in [0.15, 0.2) is 24.3 Å². The van der Waals surface area contributed by atoms with Gasteiger partial charge >= 0.3 is 0 Å². The van der Waals surface area contributed by atoms with E-state index >= 15 is 0 Å². The fourth-order valence-corrected chi connectivity index (χ4v) is 3.30. The molecule has 136 valence electrons. The molecule has 0 spiro atoms. The van der Waals surface area contributed by atoms with Crippen LogP contribution in [-0.4, -0.2) is 57.6 Å². The summed E-state index contributed by atoms with van der Waals surface area (Å²) < 4.78 is 21.7. The molecule has 1 aromatic carbocycles. The van der Waals surface area contributed by atoms with E-state index in [9.17, 15) is 4.79 Å². The first-order chi connectivity index (χ1) is 12.2. The minimum Gasteiger partial charge on any atom is -0.497 e. The lowest BCUT2D eigenvalue weighted by molar-refractivity contribution is -0.134. The highest BCUT2D eigenvalue weighted by Crippen LogP contribution is 2.27. The summed E-state index contributed by atoms with van der Waals surface area (Å²) in [5.74, 6) is 1.65. The lowest BCUT2D eigenvalue weighted by Crippen LogP contribution is -2.43. The van der Waals surface area contributed by atoms with Crippen LogP contribution in [-0.2, 0) is 14.3 Å². The Morgan fingerprint density at radius 2 is 2.04 bits per heavy atom. The highest BCUT2D eigenvalue weighted by Gasteiger charge is 2.32. The molecule has 0 N–H and O–H groups in total. The van der Waals surface area contributed by atoms with Crippen LogP contribution >= 0.6 is 0 Å². The lowest BCUT2D eigenvalue weighted by Gasteiger charge is -2.34. The van der Waals surface area contributed by atoms with E-state index in [1.54, 1.807) is 32.4 Å². The summed E-state index contributed by atoms with van der Waals surface area (Å²) in [5, 5.41) is 0. The zero-order valence-corrected chi connectivity index (χ0v) is 14.8. The number of rotatable bonds is 5. The summed E-state index contributed by atoms with van der Waals surface area (Å²) >= 11 is 0. The molecule has 2 heterocycles. The van der Waals surface area contributed by atoms with Crippen LogP contribution in [0.4, 0.5) is 0 Å². The normalized spacial score (nSPS) is 21.7. The van der Waals surface area contributed by atoms with Gasteiger partial charge in [-0.25, -0.2) is 0 Å². The van der Waals surface area contributed by atoms with Crippen molar-refractivity contribution in [2.24, 2.45) is 5.92 Å². The number of nitrogens with zero attached hydrogens (tertiary/aromatic N) is 1. The Morgan fingerprint density at radius 3 is 2.76 bits per heavy atom. The quantitative estimate of drug-likeness (QED) is 0.765. The number of hydrogen-bond acceptors (Lipinski definition) is 5. The van der Waals surface area contributed by atoms with Crippen LogP contribution in [0.3, 0.4) is 0 Å². The number of amides is 1. The predicted molar refractivity (Wildman–Crippen MR) is 93.6 cm³/mol. The van der Waals surface area contributed by atoms with E-state index in [0.717, 1.165) is 30.7 Å². The van der Waals surface area contributed by atoms with Gasteiger partial charge in [-0.3, -0.25) is 4.79 Å². The molecule has 6 heteroatoms. The summed E-state index contributed by atoms with van der Waals surface area (Å²) in [6, 6.07) is 5.52. The number of likely N-dealkylation sites (tertiary alicyclic amines) is 1. The van der Waals surface area contributed by atoms with Gasteiger partial charge in [0.05, 0.1) is 27.4 Å². The third-order valence-corrected chi connectivity index (χ3v) is 4.65. The van der Waals surface area contributed by atoms with Crippen molar-refractivity contribution in [2.45, 2.75) is 19.1 Å². The predicted octanol–water partition coefficient (Wildman–Crippen LogP) is 2.33. The Bertz CT molecular complexity index is 624. The zero-order chi connectivity index (χ0) is 17.6. The molecule has 1 aromatic rings. The average molecular weight is 347 g/mol. The molecule has 2 aliphatic rings. The smallest absolute Gasteiger partial charge is 0.246 e. The molecular weight excluding hydrogens is 322 g/mol. The first kappa shape index (κ1) is 17.8. The van der Waals surface area contributed by atoms with Crippen molar-refractivity contribution in [3.05, 3.63) is 29.8 Å². The molecule has 1 unspecified atom stereocenters. The molecule has 0 aliphatic carbocycles. The highest BCUT2D eigenvalue weighted by atomic mass is 16.7. The molecule has 3 rings (SSSR count). The number of hydrogen-bond donors (Lipinski definition) is 0. The Balaban J connectivity index is 1.64. The SMILES string of the molecule is COc1ccc(/C=C/C(=O)N2CCCC(C3OCCO3)C2)c(OC)c1. The van der Waals surface area contributed by atoms with Gasteiger partial charge in [-0.1, -0.05) is 0 Å². The van der Waals surface area contributed by atoms with E-state index in [1.807, 2.05) is 17.0 Å². The van der Waals surface area contributed by atoms with Gasteiger partial charge in [-0.15, -0.1) is 0 Å². The number of methoxy groups -OCH3 is 2. The molecular formula is C19H25NO5. The fourth-order valence-electron chi connectivity index (χ4n) is 3.30. The van der Waals surface area contributed by atoms with E-state index in [2.05, 4.69) is 0 Å². The van der Waals surface area contributed by atoms with Gasteiger partial charge in [0, 0.05) is 36.7 Å². The van der Waals surface area contributed by atoms with Gasteiger partial charge in [0.25, 0.3) is 0 Å². The molecule has 0 radical (unpaired) electrons.